The number of hydrogen-bond donors (Lipinski definition) is 0. The average molecular weight is 338 g/mol. The minimum absolute atomic E-state index is 0.100. The molecule has 3 heterocycles. The molecular formula is C20H26N4O. The molecule has 0 aliphatic carbocycles. The lowest BCUT2D eigenvalue weighted by atomic mass is 10.1. The van der Waals surface area contributed by atoms with Gasteiger partial charge in [0.05, 0.1) is 6.04 Å². The van der Waals surface area contributed by atoms with Gasteiger partial charge in [-0.25, -0.2) is 4.98 Å². The molecule has 5 heteroatoms. The summed E-state index contributed by atoms with van der Waals surface area (Å²) < 4.78 is 2.17. The molecule has 132 valence electrons. The van der Waals surface area contributed by atoms with Crippen LogP contribution in [0, 0.1) is 0 Å². The second kappa shape index (κ2) is 7.00. The highest BCUT2D eigenvalue weighted by molar-refractivity contribution is 5.92. The molecule has 0 saturated carbocycles. The first-order valence-corrected chi connectivity index (χ1v) is 9.37. The zero-order valence-corrected chi connectivity index (χ0v) is 14.9. The zero-order valence-electron chi connectivity index (χ0n) is 14.9. The van der Waals surface area contributed by atoms with Crippen molar-refractivity contribution in [1.82, 2.24) is 19.4 Å². The quantitative estimate of drug-likeness (QED) is 0.863. The smallest absolute Gasteiger partial charge is 0.274 e. The number of hydrogen-bond acceptors (Lipinski definition) is 3. The Labute approximate surface area is 149 Å². The highest BCUT2D eigenvalue weighted by Gasteiger charge is 2.29. The Balaban J connectivity index is 1.50. The van der Waals surface area contributed by atoms with Crippen molar-refractivity contribution in [2.45, 2.75) is 45.3 Å². The van der Waals surface area contributed by atoms with E-state index in [2.05, 4.69) is 40.7 Å². The van der Waals surface area contributed by atoms with Gasteiger partial charge in [0.2, 0.25) is 0 Å². The monoisotopic (exact) mass is 338 g/mol. The Morgan fingerprint density at radius 3 is 2.60 bits per heavy atom. The SMILES string of the molecule is CC1c2nc(C(=O)N3CCCCC3)cn2CCN1Cc1ccccc1. The van der Waals surface area contributed by atoms with E-state index in [-0.39, 0.29) is 11.9 Å². The van der Waals surface area contributed by atoms with Crippen LogP contribution in [0.2, 0.25) is 0 Å². The molecule has 25 heavy (non-hydrogen) atoms. The molecule has 1 saturated heterocycles. The molecule has 2 aromatic rings. The molecule has 1 amide bonds. The van der Waals surface area contributed by atoms with Crippen LogP contribution in [0.25, 0.3) is 0 Å². The van der Waals surface area contributed by atoms with Crippen molar-refractivity contribution in [3.8, 4) is 0 Å². The van der Waals surface area contributed by atoms with Crippen molar-refractivity contribution < 1.29 is 4.79 Å². The Hall–Kier alpha value is -2.14. The van der Waals surface area contributed by atoms with Crippen molar-refractivity contribution in [2.24, 2.45) is 0 Å². The summed E-state index contributed by atoms with van der Waals surface area (Å²) in [5.41, 5.74) is 1.93. The predicted molar refractivity (Wildman–Crippen MR) is 97.2 cm³/mol. The molecule has 2 aliphatic heterocycles. The standard InChI is InChI=1S/C20H26N4O/c1-16-19-21-18(20(25)22-10-6-3-7-11-22)15-24(19)13-12-23(16)14-17-8-4-2-5-9-17/h2,4-5,8-9,15-16H,3,6-7,10-14H2,1H3. The van der Waals surface area contributed by atoms with Crippen LogP contribution >= 0.6 is 0 Å². The van der Waals surface area contributed by atoms with Gasteiger partial charge in [-0.3, -0.25) is 9.69 Å². The van der Waals surface area contributed by atoms with E-state index in [1.165, 1.54) is 12.0 Å². The van der Waals surface area contributed by atoms with E-state index in [1.807, 2.05) is 17.2 Å². The molecule has 2 aliphatic rings. The molecule has 0 radical (unpaired) electrons. The van der Waals surface area contributed by atoms with Crippen molar-refractivity contribution in [2.75, 3.05) is 19.6 Å². The fraction of sp³-hybridized carbons (Fsp3) is 0.500. The number of carbonyl (C=O) groups is 1. The first-order chi connectivity index (χ1) is 12.2. The lowest BCUT2D eigenvalue weighted by Crippen LogP contribution is -2.36. The van der Waals surface area contributed by atoms with Crippen molar-refractivity contribution >= 4 is 5.91 Å². The van der Waals surface area contributed by atoms with Crippen LogP contribution in [-0.2, 0) is 13.1 Å². The molecule has 1 unspecified atom stereocenters. The Morgan fingerprint density at radius 2 is 1.84 bits per heavy atom. The van der Waals surface area contributed by atoms with E-state index in [0.717, 1.165) is 51.4 Å². The number of aromatic nitrogens is 2. The molecule has 0 N–H and O–H groups in total. The number of rotatable bonds is 3. The number of fused-ring (bicyclic) bond motifs is 1. The van der Waals surface area contributed by atoms with E-state index in [9.17, 15) is 4.79 Å². The van der Waals surface area contributed by atoms with Crippen molar-refractivity contribution in [3.63, 3.8) is 0 Å². The number of benzene rings is 1. The minimum atomic E-state index is 0.100. The molecule has 1 fully saturated rings. The first kappa shape index (κ1) is 16.3. The van der Waals surface area contributed by atoms with Crippen LogP contribution in [0.3, 0.4) is 0 Å². The Kier molecular flexibility index (Phi) is 4.57. The van der Waals surface area contributed by atoms with Gasteiger partial charge in [0, 0.05) is 38.9 Å². The summed E-state index contributed by atoms with van der Waals surface area (Å²) >= 11 is 0. The van der Waals surface area contributed by atoms with Gasteiger partial charge < -0.3 is 9.47 Å². The van der Waals surface area contributed by atoms with Crippen LogP contribution in [0.5, 0.6) is 0 Å². The van der Waals surface area contributed by atoms with Crippen molar-refractivity contribution in [1.29, 1.82) is 0 Å². The maximum absolute atomic E-state index is 12.7. The molecule has 5 nitrogen and oxygen atoms in total. The summed E-state index contributed by atoms with van der Waals surface area (Å²) in [5, 5.41) is 0. The lowest BCUT2D eigenvalue weighted by molar-refractivity contribution is 0.0718. The van der Waals surface area contributed by atoms with Crippen LogP contribution < -0.4 is 0 Å². The van der Waals surface area contributed by atoms with Gasteiger partial charge in [0.1, 0.15) is 11.5 Å². The van der Waals surface area contributed by atoms with E-state index in [0.29, 0.717) is 5.69 Å². The summed E-state index contributed by atoms with van der Waals surface area (Å²) in [4.78, 5) is 21.9. The maximum atomic E-state index is 12.7. The minimum Gasteiger partial charge on any atom is -0.337 e. The maximum Gasteiger partial charge on any atom is 0.274 e. The molecule has 1 aromatic heterocycles. The van der Waals surface area contributed by atoms with Gasteiger partial charge in [-0.1, -0.05) is 30.3 Å². The van der Waals surface area contributed by atoms with E-state index in [1.54, 1.807) is 0 Å². The lowest BCUT2D eigenvalue weighted by Gasteiger charge is -2.33. The third-order valence-corrected chi connectivity index (χ3v) is 5.45. The van der Waals surface area contributed by atoms with Gasteiger partial charge in [0.15, 0.2) is 0 Å². The third-order valence-electron chi connectivity index (χ3n) is 5.45. The molecule has 1 atom stereocenters. The van der Waals surface area contributed by atoms with E-state index >= 15 is 0 Å². The number of carbonyl (C=O) groups excluding carboxylic acids is 1. The average Bonchev–Trinajstić information content (AvgIpc) is 3.10. The Bertz CT molecular complexity index is 733. The Morgan fingerprint density at radius 1 is 1.08 bits per heavy atom. The summed E-state index contributed by atoms with van der Waals surface area (Å²) in [5.74, 6) is 1.12. The van der Waals surface area contributed by atoms with Gasteiger partial charge in [-0.15, -0.1) is 0 Å². The number of nitrogens with zero attached hydrogens (tertiary/aromatic N) is 4. The number of likely N-dealkylation sites (tertiary alicyclic amines) is 1. The van der Waals surface area contributed by atoms with Gasteiger partial charge in [-0.05, 0) is 31.7 Å². The largest absolute Gasteiger partial charge is 0.337 e. The summed E-state index contributed by atoms with van der Waals surface area (Å²) in [6.07, 6.45) is 5.42. The fourth-order valence-corrected chi connectivity index (χ4v) is 3.93. The number of piperidine rings is 1. The summed E-state index contributed by atoms with van der Waals surface area (Å²) in [6.45, 7) is 6.73. The molecule has 4 rings (SSSR count). The van der Waals surface area contributed by atoms with E-state index in [4.69, 9.17) is 4.98 Å². The molecular weight excluding hydrogens is 312 g/mol. The normalized spacial score (nSPS) is 21.2. The highest BCUT2D eigenvalue weighted by Crippen LogP contribution is 2.26. The van der Waals surface area contributed by atoms with E-state index < -0.39 is 0 Å². The van der Waals surface area contributed by atoms with Gasteiger partial charge >= 0.3 is 0 Å². The fourth-order valence-electron chi connectivity index (χ4n) is 3.93. The number of imidazole rings is 1. The second-order valence-corrected chi connectivity index (χ2v) is 7.16. The van der Waals surface area contributed by atoms with Crippen LogP contribution in [0.1, 0.15) is 54.1 Å². The third kappa shape index (κ3) is 3.33. The number of amides is 1. The zero-order chi connectivity index (χ0) is 17.2. The second-order valence-electron chi connectivity index (χ2n) is 7.16. The van der Waals surface area contributed by atoms with Crippen LogP contribution in [-0.4, -0.2) is 44.9 Å². The predicted octanol–water partition coefficient (Wildman–Crippen LogP) is 3.09. The highest BCUT2D eigenvalue weighted by atomic mass is 16.2. The van der Waals surface area contributed by atoms with Crippen LogP contribution in [0.15, 0.2) is 36.5 Å². The molecule has 0 spiro atoms. The summed E-state index contributed by atoms with van der Waals surface area (Å²) in [6, 6.07) is 10.8. The van der Waals surface area contributed by atoms with Gasteiger partial charge in [0.25, 0.3) is 5.91 Å². The van der Waals surface area contributed by atoms with Crippen LogP contribution in [0.4, 0.5) is 0 Å². The van der Waals surface area contributed by atoms with Crippen molar-refractivity contribution in [3.05, 3.63) is 53.6 Å². The molecule has 0 bridgehead atoms. The van der Waals surface area contributed by atoms with Gasteiger partial charge in [-0.2, -0.15) is 0 Å². The molecule has 1 aromatic carbocycles. The topological polar surface area (TPSA) is 41.4 Å². The summed E-state index contributed by atoms with van der Waals surface area (Å²) in [7, 11) is 0. The first-order valence-electron chi connectivity index (χ1n) is 9.37.